The first-order chi connectivity index (χ1) is 15.4. The van der Waals surface area contributed by atoms with Gasteiger partial charge in [0.1, 0.15) is 11.4 Å². The van der Waals surface area contributed by atoms with Crippen molar-refractivity contribution in [3.05, 3.63) is 54.2 Å². The summed E-state index contributed by atoms with van der Waals surface area (Å²) in [7, 11) is 1.52. The fraction of sp³-hybridized carbons (Fsp3) is 0.333. The Morgan fingerprint density at radius 1 is 1.22 bits per heavy atom. The number of anilines is 3. The Morgan fingerprint density at radius 2 is 1.88 bits per heavy atom. The number of rotatable bonds is 7. The van der Waals surface area contributed by atoms with Gasteiger partial charge in [0.25, 0.3) is 5.91 Å². The van der Waals surface area contributed by atoms with E-state index in [1.165, 1.54) is 19.2 Å². The molecule has 1 aliphatic rings. The molecule has 3 heterocycles. The Kier molecular flexibility index (Phi) is 5.91. The van der Waals surface area contributed by atoms with Crippen LogP contribution in [0.1, 0.15) is 23.2 Å². The van der Waals surface area contributed by atoms with E-state index in [2.05, 4.69) is 25.3 Å². The molecule has 5 N–H and O–H groups in total. The lowest BCUT2D eigenvalue weighted by Crippen LogP contribution is -2.50. The second-order valence-electron chi connectivity index (χ2n) is 7.68. The van der Waals surface area contributed by atoms with E-state index in [9.17, 15) is 9.18 Å². The third-order valence-corrected chi connectivity index (χ3v) is 5.81. The third-order valence-electron chi connectivity index (χ3n) is 5.81. The summed E-state index contributed by atoms with van der Waals surface area (Å²) < 4.78 is 20.0. The van der Waals surface area contributed by atoms with Crippen LogP contribution in [0.5, 0.6) is 6.01 Å². The molecule has 1 saturated heterocycles. The molecule has 1 amide bonds. The highest BCUT2D eigenvalue weighted by molar-refractivity contribution is 5.98. The van der Waals surface area contributed by atoms with Crippen LogP contribution < -0.4 is 26.4 Å². The number of nitrogens with two attached hydrogens (primary N) is 2. The summed E-state index contributed by atoms with van der Waals surface area (Å²) in [5, 5.41) is 7.66. The molecule has 1 fully saturated rings. The summed E-state index contributed by atoms with van der Waals surface area (Å²) in [6.07, 6.45) is 6.49. The van der Waals surface area contributed by atoms with E-state index in [1.54, 1.807) is 35.4 Å². The van der Waals surface area contributed by atoms with Gasteiger partial charge < -0.3 is 26.4 Å². The second-order valence-corrected chi connectivity index (χ2v) is 7.68. The second kappa shape index (κ2) is 8.79. The predicted octanol–water partition coefficient (Wildman–Crippen LogP) is 1.62. The number of halogens is 1. The van der Waals surface area contributed by atoms with Crippen LogP contribution >= 0.6 is 0 Å². The lowest BCUT2D eigenvalue weighted by atomic mass is 9.87. The number of nitrogens with zero attached hydrogens (tertiary/aromatic N) is 5. The smallest absolute Gasteiger partial charge is 0.316 e. The average Bonchev–Trinajstić information content (AvgIpc) is 3.25. The highest BCUT2D eigenvalue weighted by Crippen LogP contribution is 2.33. The van der Waals surface area contributed by atoms with Gasteiger partial charge >= 0.3 is 6.01 Å². The molecule has 0 saturated carbocycles. The van der Waals surface area contributed by atoms with E-state index < -0.39 is 11.4 Å². The average molecular weight is 440 g/mol. The number of ether oxygens (including phenoxy) is 1. The van der Waals surface area contributed by atoms with E-state index >= 15 is 0 Å². The van der Waals surface area contributed by atoms with Crippen LogP contribution in [-0.4, -0.2) is 52.4 Å². The fourth-order valence-corrected chi connectivity index (χ4v) is 3.85. The van der Waals surface area contributed by atoms with Gasteiger partial charge in [-0.25, -0.2) is 14.4 Å². The van der Waals surface area contributed by atoms with Crippen LogP contribution in [0, 0.1) is 5.82 Å². The molecule has 11 heteroatoms. The first kappa shape index (κ1) is 21.5. The number of aromatic nitrogens is 4. The van der Waals surface area contributed by atoms with Gasteiger partial charge in [-0.1, -0.05) is 0 Å². The van der Waals surface area contributed by atoms with Crippen LogP contribution in [-0.2, 0) is 5.54 Å². The number of hydrogen-bond acceptors (Lipinski definition) is 8. The number of piperidine rings is 1. The molecule has 2 aromatic heterocycles. The van der Waals surface area contributed by atoms with Gasteiger partial charge in [0, 0.05) is 31.5 Å². The molecule has 0 aliphatic carbocycles. The molecule has 0 spiro atoms. The minimum Gasteiger partial charge on any atom is -0.467 e. The predicted molar refractivity (Wildman–Crippen MR) is 117 cm³/mol. The largest absolute Gasteiger partial charge is 0.467 e. The van der Waals surface area contributed by atoms with Crippen molar-refractivity contribution in [3.8, 4) is 6.01 Å². The topological polar surface area (TPSA) is 137 Å². The maximum Gasteiger partial charge on any atom is 0.316 e. The molecular weight excluding hydrogens is 415 g/mol. The maximum atomic E-state index is 13.2. The minimum absolute atomic E-state index is 0.244. The van der Waals surface area contributed by atoms with Gasteiger partial charge in [0.2, 0.25) is 0 Å². The van der Waals surface area contributed by atoms with Crippen LogP contribution in [0.15, 0.2) is 42.9 Å². The van der Waals surface area contributed by atoms with Gasteiger partial charge in [-0.15, -0.1) is 0 Å². The molecule has 0 radical (unpaired) electrons. The Balaban J connectivity index is 1.55. The number of nitrogens with one attached hydrogen (secondary N) is 1. The number of carbonyl (C=O) groups excluding carboxylic acids is 1. The number of methoxy groups -OCH3 is 1. The SMILES string of the molecule is COc1ncc(N2CCC(CN)(n3cc(C(N)=O)c(Nc4ccc(F)cc4)n3)CC2)cn1. The summed E-state index contributed by atoms with van der Waals surface area (Å²) >= 11 is 0. The van der Waals surface area contributed by atoms with Gasteiger partial charge in [-0.2, -0.15) is 5.10 Å². The van der Waals surface area contributed by atoms with E-state index in [0.29, 0.717) is 50.0 Å². The minimum atomic E-state index is -0.610. The number of hydrogen-bond donors (Lipinski definition) is 3. The summed E-state index contributed by atoms with van der Waals surface area (Å²) in [6, 6.07) is 6.09. The monoisotopic (exact) mass is 440 g/mol. The van der Waals surface area contributed by atoms with Crippen molar-refractivity contribution in [2.75, 3.05) is 37.0 Å². The molecule has 0 bridgehead atoms. The van der Waals surface area contributed by atoms with Gasteiger partial charge in [0.05, 0.1) is 30.7 Å². The molecule has 32 heavy (non-hydrogen) atoms. The lowest BCUT2D eigenvalue weighted by Gasteiger charge is -2.42. The van der Waals surface area contributed by atoms with E-state index in [-0.39, 0.29) is 11.4 Å². The molecule has 10 nitrogen and oxygen atoms in total. The summed E-state index contributed by atoms with van der Waals surface area (Å²) in [4.78, 5) is 22.6. The normalized spacial score (nSPS) is 15.4. The quantitative estimate of drug-likeness (QED) is 0.504. The molecule has 0 unspecified atom stereocenters. The van der Waals surface area contributed by atoms with Crippen molar-refractivity contribution < 1.29 is 13.9 Å². The summed E-state index contributed by atoms with van der Waals surface area (Å²) in [6.45, 7) is 1.76. The first-order valence-corrected chi connectivity index (χ1v) is 10.2. The Labute approximate surface area is 184 Å². The van der Waals surface area contributed by atoms with Crippen LogP contribution in [0.25, 0.3) is 0 Å². The molecular formula is C21H25FN8O2. The van der Waals surface area contributed by atoms with Crippen molar-refractivity contribution in [3.63, 3.8) is 0 Å². The Morgan fingerprint density at radius 3 is 2.44 bits per heavy atom. The molecule has 1 aromatic carbocycles. The Bertz CT molecular complexity index is 1080. The lowest BCUT2D eigenvalue weighted by molar-refractivity contribution is 0.100. The van der Waals surface area contributed by atoms with Crippen molar-refractivity contribution in [2.45, 2.75) is 18.4 Å². The van der Waals surface area contributed by atoms with Gasteiger partial charge in [-0.3, -0.25) is 9.48 Å². The van der Waals surface area contributed by atoms with Crippen LogP contribution in [0.3, 0.4) is 0 Å². The summed E-state index contributed by atoms with van der Waals surface area (Å²) in [5.41, 5.74) is 13.0. The maximum absolute atomic E-state index is 13.2. The highest BCUT2D eigenvalue weighted by atomic mass is 19.1. The zero-order chi connectivity index (χ0) is 22.7. The number of benzene rings is 1. The molecule has 3 aromatic rings. The summed E-state index contributed by atoms with van der Waals surface area (Å²) in [5.74, 6) is -0.656. The van der Waals surface area contributed by atoms with Crippen molar-refractivity contribution in [2.24, 2.45) is 11.5 Å². The van der Waals surface area contributed by atoms with Crippen LogP contribution in [0.4, 0.5) is 21.6 Å². The number of amides is 1. The molecule has 168 valence electrons. The number of carbonyl (C=O) groups is 1. The highest BCUT2D eigenvalue weighted by Gasteiger charge is 2.37. The number of primary amides is 1. The van der Waals surface area contributed by atoms with Gasteiger partial charge in [0.15, 0.2) is 5.82 Å². The van der Waals surface area contributed by atoms with Crippen molar-refractivity contribution >= 4 is 23.1 Å². The molecule has 1 aliphatic heterocycles. The van der Waals surface area contributed by atoms with Crippen molar-refractivity contribution in [1.29, 1.82) is 0 Å². The zero-order valence-electron chi connectivity index (χ0n) is 17.7. The standard InChI is InChI=1S/C21H25FN8O2/c1-32-20-25-10-16(11-26-20)29-8-6-21(13-23,7-9-29)30-12-17(18(24)31)19(28-30)27-15-4-2-14(22)3-5-15/h2-5,10-12H,6-9,13,23H2,1H3,(H2,24,31)(H,27,28). The first-order valence-electron chi connectivity index (χ1n) is 10.2. The third kappa shape index (κ3) is 4.19. The van der Waals surface area contributed by atoms with Crippen molar-refractivity contribution in [1.82, 2.24) is 19.7 Å². The Hall–Kier alpha value is -3.73. The molecule has 0 atom stereocenters. The van der Waals surface area contributed by atoms with E-state index in [4.69, 9.17) is 16.2 Å². The molecule has 4 rings (SSSR count). The van der Waals surface area contributed by atoms with Gasteiger partial charge in [-0.05, 0) is 37.1 Å². The zero-order valence-corrected chi connectivity index (χ0v) is 17.7. The fourth-order valence-electron chi connectivity index (χ4n) is 3.85. The van der Waals surface area contributed by atoms with E-state index in [0.717, 1.165) is 5.69 Å². The van der Waals surface area contributed by atoms with Crippen LogP contribution in [0.2, 0.25) is 0 Å². The van der Waals surface area contributed by atoms with E-state index in [1.807, 2.05) is 0 Å².